The third-order valence-electron chi connectivity index (χ3n) is 4.16. The number of likely N-dealkylation sites (tertiary alicyclic amines) is 1. The first kappa shape index (κ1) is 14.6. The van der Waals surface area contributed by atoms with Crippen molar-refractivity contribution >= 4 is 22.5 Å². The van der Waals surface area contributed by atoms with Crippen LogP contribution in [0.15, 0.2) is 35.3 Å². The number of pyridine rings is 1. The number of nitrogens with one attached hydrogen (secondary N) is 1. The lowest BCUT2D eigenvalue weighted by Crippen LogP contribution is -2.63. The van der Waals surface area contributed by atoms with E-state index in [4.69, 9.17) is 4.74 Å². The fourth-order valence-corrected chi connectivity index (χ4v) is 2.65. The highest BCUT2D eigenvalue weighted by Gasteiger charge is 2.41. The van der Waals surface area contributed by atoms with Crippen molar-refractivity contribution in [2.75, 3.05) is 25.5 Å². The molecule has 6 nitrogen and oxygen atoms in total. The molecule has 1 N–H and O–H groups in total. The molecule has 3 rings (SSSR count). The SMILES string of the molecule is COC1(C)CN(C(=O)Nc2ccc3ccn(C)c(=O)c3c2)C1. The van der Waals surface area contributed by atoms with Crippen LogP contribution in [0, 0.1) is 0 Å². The number of carbonyl (C=O) groups is 1. The summed E-state index contributed by atoms with van der Waals surface area (Å²) in [7, 11) is 3.35. The van der Waals surface area contributed by atoms with Crippen molar-refractivity contribution in [1.29, 1.82) is 0 Å². The Labute approximate surface area is 128 Å². The van der Waals surface area contributed by atoms with Gasteiger partial charge < -0.3 is 19.5 Å². The van der Waals surface area contributed by atoms with Gasteiger partial charge in [0.05, 0.1) is 13.1 Å². The molecule has 0 aliphatic carbocycles. The van der Waals surface area contributed by atoms with Gasteiger partial charge in [0.25, 0.3) is 5.56 Å². The van der Waals surface area contributed by atoms with Gasteiger partial charge in [-0.05, 0) is 30.5 Å². The zero-order valence-corrected chi connectivity index (χ0v) is 12.9. The first-order valence-electron chi connectivity index (χ1n) is 7.12. The number of amides is 2. The summed E-state index contributed by atoms with van der Waals surface area (Å²) in [5, 5.41) is 4.28. The fourth-order valence-electron chi connectivity index (χ4n) is 2.65. The molecule has 0 saturated carbocycles. The number of ether oxygens (including phenoxy) is 1. The Balaban J connectivity index is 1.79. The van der Waals surface area contributed by atoms with E-state index >= 15 is 0 Å². The number of anilines is 1. The van der Waals surface area contributed by atoms with Gasteiger partial charge in [-0.25, -0.2) is 4.79 Å². The number of carbonyl (C=O) groups excluding carboxylic acids is 1. The van der Waals surface area contributed by atoms with E-state index in [1.165, 1.54) is 4.57 Å². The highest BCUT2D eigenvalue weighted by atomic mass is 16.5. The standard InChI is InChI=1S/C16H19N3O3/c1-16(22-3)9-19(10-16)15(21)17-12-5-4-11-6-7-18(2)14(20)13(11)8-12/h4-8H,9-10H2,1-3H3,(H,17,21). The molecule has 0 radical (unpaired) electrons. The molecule has 22 heavy (non-hydrogen) atoms. The molecule has 116 valence electrons. The molecular formula is C16H19N3O3. The number of rotatable bonds is 2. The van der Waals surface area contributed by atoms with Crippen LogP contribution in [0.4, 0.5) is 10.5 Å². The predicted octanol–water partition coefficient (Wildman–Crippen LogP) is 1.79. The van der Waals surface area contributed by atoms with Crippen LogP contribution in [0.1, 0.15) is 6.92 Å². The number of aryl methyl sites for hydroxylation is 1. The van der Waals surface area contributed by atoms with E-state index in [0.29, 0.717) is 24.2 Å². The first-order valence-corrected chi connectivity index (χ1v) is 7.12. The third-order valence-corrected chi connectivity index (χ3v) is 4.16. The molecule has 1 aliphatic rings. The monoisotopic (exact) mass is 301 g/mol. The molecule has 0 spiro atoms. The van der Waals surface area contributed by atoms with Gasteiger partial charge in [-0.15, -0.1) is 0 Å². The molecule has 2 aromatic rings. The summed E-state index contributed by atoms with van der Waals surface area (Å²) in [4.78, 5) is 26.0. The number of aromatic nitrogens is 1. The molecule has 0 bridgehead atoms. The van der Waals surface area contributed by atoms with Crippen molar-refractivity contribution in [2.24, 2.45) is 7.05 Å². The Morgan fingerprint density at radius 2 is 2.05 bits per heavy atom. The Morgan fingerprint density at radius 3 is 2.73 bits per heavy atom. The smallest absolute Gasteiger partial charge is 0.322 e. The van der Waals surface area contributed by atoms with E-state index in [0.717, 1.165) is 5.39 Å². The molecule has 6 heteroatoms. The van der Waals surface area contributed by atoms with Gasteiger partial charge >= 0.3 is 6.03 Å². The second kappa shape index (κ2) is 5.14. The molecule has 1 aromatic heterocycles. The summed E-state index contributed by atoms with van der Waals surface area (Å²) in [6.45, 7) is 3.09. The number of nitrogens with zero attached hydrogens (tertiary/aromatic N) is 2. The zero-order valence-electron chi connectivity index (χ0n) is 12.9. The lowest BCUT2D eigenvalue weighted by Gasteiger charge is -2.46. The van der Waals surface area contributed by atoms with E-state index < -0.39 is 0 Å². The number of urea groups is 1. The number of hydrogen-bond donors (Lipinski definition) is 1. The molecule has 1 fully saturated rings. The van der Waals surface area contributed by atoms with Crippen LogP contribution in [0.5, 0.6) is 0 Å². The summed E-state index contributed by atoms with van der Waals surface area (Å²) < 4.78 is 6.85. The second-order valence-corrected chi connectivity index (χ2v) is 5.97. The maximum atomic E-state index is 12.2. The first-order chi connectivity index (χ1) is 10.4. The fraction of sp³-hybridized carbons (Fsp3) is 0.375. The van der Waals surface area contributed by atoms with E-state index in [1.54, 1.807) is 37.4 Å². The normalized spacial score (nSPS) is 16.4. The number of fused-ring (bicyclic) bond motifs is 1. The third kappa shape index (κ3) is 2.46. The Bertz CT molecular complexity index is 791. The molecule has 0 atom stereocenters. The number of benzene rings is 1. The minimum atomic E-state index is -0.253. The maximum absolute atomic E-state index is 12.2. The van der Waals surface area contributed by atoms with E-state index in [-0.39, 0.29) is 17.2 Å². The molecule has 0 unspecified atom stereocenters. The van der Waals surface area contributed by atoms with Gasteiger partial charge in [-0.2, -0.15) is 0 Å². The van der Waals surface area contributed by atoms with Crippen LogP contribution >= 0.6 is 0 Å². The topological polar surface area (TPSA) is 63.6 Å². The van der Waals surface area contributed by atoms with Gasteiger partial charge in [-0.1, -0.05) is 6.07 Å². The van der Waals surface area contributed by atoms with E-state index in [9.17, 15) is 9.59 Å². The maximum Gasteiger partial charge on any atom is 0.322 e. The molecule has 2 heterocycles. The lowest BCUT2D eigenvalue weighted by molar-refractivity contribution is -0.0891. The molecular weight excluding hydrogens is 282 g/mol. The van der Waals surface area contributed by atoms with Crippen LogP contribution in [0.2, 0.25) is 0 Å². The summed E-state index contributed by atoms with van der Waals surface area (Å²) in [6.07, 6.45) is 1.73. The quantitative estimate of drug-likeness (QED) is 0.920. The zero-order chi connectivity index (χ0) is 15.9. The van der Waals surface area contributed by atoms with Gasteiger partial charge in [0.1, 0.15) is 5.60 Å². The molecule has 1 saturated heterocycles. The Hall–Kier alpha value is -2.34. The number of hydrogen-bond acceptors (Lipinski definition) is 3. The summed E-state index contributed by atoms with van der Waals surface area (Å²) in [6, 6.07) is 7.05. The lowest BCUT2D eigenvalue weighted by atomic mass is 9.97. The largest absolute Gasteiger partial charge is 0.375 e. The van der Waals surface area contributed by atoms with Crippen molar-refractivity contribution < 1.29 is 9.53 Å². The van der Waals surface area contributed by atoms with Gasteiger partial charge in [0, 0.05) is 31.4 Å². The van der Waals surface area contributed by atoms with Crippen molar-refractivity contribution in [1.82, 2.24) is 9.47 Å². The molecule has 2 amide bonds. The minimum Gasteiger partial charge on any atom is -0.375 e. The van der Waals surface area contributed by atoms with Crippen molar-refractivity contribution in [3.63, 3.8) is 0 Å². The Kier molecular flexibility index (Phi) is 3.41. The summed E-state index contributed by atoms with van der Waals surface area (Å²) in [5.41, 5.74) is 0.285. The van der Waals surface area contributed by atoms with E-state index in [2.05, 4.69) is 5.32 Å². The highest BCUT2D eigenvalue weighted by molar-refractivity contribution is 5.93. The number of methoxy groups -OCH3 is 1. The Morgan fingerprint density at radius 1 is 1.32 bits per heavy atom. The molecule has 1 aliphatic heterocycles. The minimum absolute atomic E-state index is 0.0792. The van der Waals surface area contributed by atoms with Crippen LogP contribution in [-0.4, -0.2) is 41.3 Å². The van der Waals surface area contributed by atoms with Crippen molar-refractivity contribution in [3.05, 3.63) is 40.8 Å². The summed E-state index contributed by atoms with van der Waals surface area (Å²) in [5.74, 6) is 0. The van der Waals surface area contributed by atoms with Gasteiger partial charge in [-0.3, -0.25) is 4.79 Å². The summed E-state index contributed by atoms with van der Waals surface area (Å²) >= 11 is 0. The predicted molar refractivity (Wildman–Crippen MR) is 85.2 cm³/mol. The van der Waals surface area contributed by atoms with Gasteiger partial charge in [0.15, 0.2) is 0 Å². The van der Waals surface area contributed by atoms with Crippen molar-refractivity contribution in [2.45, 2.75) is 12.5 Å². The highest BCUT2D eigenvalue weighted by Crippen LogP contribution is 2.25. The molecule has 1 aromatic carbocycles. The van der Waals surface area contributed by atoms with Crippen LogP contribution in [-0.2, 0) is 11.8 Å². The van der Waals surface area contributed by atoms with Gasteiger partial charge in [0.2, 0.25) is 0 Å². The van der Waals surface area contributed by atoms with Crippen LogP contribution in [0.25, 0.3) is 10.8 Å². The van der Waals surface area contributed by atoms with Crippen LogP contribution < -0.4 is 10.9 Å². The van der Waals surface area contributed by atoms with E-state index in [1.807, 2.05) is 19.1 Å². The van der Waals surface area contributed by atoms with Crippen LogP contribution in [0.3, 0.4) is 0 Å². The van der Waals surface area contributed by atoms with Crippen molar-refractivity contribution in [3.8, 4) is 0 Å². The second-order valence-electron chi connectivity index (χ2n) is 5.97. The average Bonchev–Trinajstić information content (AvgIpc) is 2.48. The average molecular weight is 301 g/mol.